The van der Waals surface area contributed by atoms with Gasteiger partial charge in [0.1, 0.15) is 18.1 Å². The van der Waals surface area contributed by atoms with Crippen molar-refractivity contribution >= 4 is 26.7 Å². The lowest BCUT2D eigenvalue weighted by Crippen LogP contribution is -2.50. The minimum atomic E-state index is -3.44. The van der Waals surface area contributed by atoms with Crippen LogP contribution in [0.3, 0.4) is 0 Å². The molecule has 3 aromatic carbocycles. The van der Waals surface area contributed by atoms with Crippen molar-refractivity contribution in [3.8, 4) is 5.75 Å². The number of benzene rings is 3. The second-order valence-corrected chi connectivity index (χ2v) is 10.5. The molecule has 2 heterocycles. The number of rotatable bonds is 7. The Morgan fingerprint density at radius 1 is 0.829 bits per heavy atom. The van der Waals surface area contributed by atoms with Crippen molar-refractivity contribution in [1.82, 2.24) is 9.21 Å². The van der Waals surface area contributed by atoms with Crippen LogP contribution in [0.25, 0.3) is 10.8 Å². The predicted molar refractivity (Wildman–Crippen MR) is 134 cm³/mol. The molecule has 0 saturated carbocycles. The third-order valence-electron chi connectivity index (χ3n) is 6.09. The summed E-state index contributed by atoms with van der Waals surface area (Å²) < 4.78 is 38.5. The number of furan rings is 1. The second kappa shape index (κ2) is 9.93. The first-order chi connectivity index (χ1) is 17.0. The molecule has 4 aromatic rings. The van der Waals surface area contributed by atoms with Gasteiger partial charge >= 0.3 is 0 Å². The van der Waals surface area contributed by atoms with Crippen LogP contribution in [0.5, 0.6) is 5.75 Å². The van der Waals surface area contributed by atoms with Crippen molar-refractivity contribution in [2.24, 2.45) is 0 Å². The molecule has 1 aromatic heterocycles. The Balaban J connectivity index is 1.15. The summed E-state index contributed by atoms with van der Waals surface area (Å²) >= 11 is 0. The first-order valence-corrected chi connectivity index (χ1v) is 13.1. The van der Waals surface area contributed by atoms with E-state index in [9.17, 15) is 13.2 Å². The van der Waals surface area contributed by atoms with Gasteiger partial charge in [-0.25, -0.2) is 8.42 Å². The van der Waals surface area contributed by atoms with Gasteiger partial charge in [-0.05, 0) is 40.6 Å². The standard InChI is InChI=1S/C27H26N2O5S/c30-27(28-14-16-29(17-15-28)35(31,32)20-21-6-2-1-3-7-21)26-13-12-25(34-26)19-33-24-11-10-22-8-4-5-9-23(22)18-24/h1-13,18H,14-17,19-20H2. The normalized spacial score (nSPS) is 14.8. The largest absolute Gasteiger partial charge is 0.486 e. The van der Waals surface area contributed by atoms with Crippen LogP contribution in [0.4, 0.5) is 0 Å². The first kappa shape index (κ1) is 23.1. The van der Waals surface area contributed by atoms with Crippen molar-refractivity contribution in [2.45, 2.75) is 12.4 Å². The van der Waals surface area contributed by atoms with Gasteiger partial charge in [-0.1, -0.05) is 60.7 Å². The third-order valence-corrected chi connectivity index (χ3v) is 7.94. The van der Waals surface area contributed by atoms with E-state index in [0.29, 0.717) is 18.8 Å². The molecular weight excluding hydrogens is 464 g/mol. The molecule has 35 heavy (non-hydrogen) atoms. The van der Waals surface area contributed by atoms with Crippen molar-refractivity contribution in [3.05, 3.63) is 102 Å². The summed E-state index contributed by atoms with van der Waals surface area (Å²) in [6, 6.07) is 26.4. The van der Waals surface area contributed by atoms with Crippen molar-refractivity contribution in [2.75, 3.05) is 26.2 Å². The highest BCUT2D eigenvalue weighted by Crippen LogP contribution is 2.22. The van der Waals surface area contributed by atoms with E-state index < -0.39 is 10.0 Å². The van der Waals surface area contributed by atoms with E-state index in [1.807, 2.05) is 60.7 Å². The maximum atomic E-state index is 12.9. The van der Waals surface area contributed by atoms with Gasteiger partial charge in [-0.2, -0.15) is 4.31 Å². The number of ether oxygens (including phenoxy) is 1. The van der Waals surface area contributed by atoms with Crippen LogP contribution in [0, 0.1) is 0 Å². The number of carbonyl (C=O) groups excluding carboxylic acids is 1. The Morgan fingerprint density at radius 2 is 1.54 bits per heavy atom. The van der Waals surface area contributed by atoms with Gasteiger partial charge in [0, 0.05) is 26.2 Å². The molecule has 0 radical (unpaired) electrons. The zero-order chi connectivity index (χ0) is 24.3. The van der Waals surface area contributed by atoms with E-state index in [-0.39, 0.29) is 37.1 Å². The highest BCUT2D eigenvalue weighted by atomic mass is 32.2. The summed E-state index contributed by atoms with van der Waals surface area (Å²) in [4.78, 5) is 14.5. The molecule has 0 unspecified atom stereocenters. The lowest BCUT2D eigenvalue weighted by molar-refractivity contribution is 0.0662. The van der Waals surface area contributed by atoms with Crippen molar-refractivity contribution in [3.63, 3.8) is 0 Å². The van der Waals surface area contributed by atoms with Crippen LogP contribution < -0.4 is 4.74 Å². The molecule has 8 heteroatoms. The summed E-state index contributed by atoms with van der Waals surface area (Å²) in [5.41, 5.74) is 0.750. The number of sulfonamides is 1. The number of hydrogen-bond donors (Lipinski definition) is 0. The Labute approximate surface area is 204 Å². The lowest BCUT2D eigenvalue weighted by atomic mass is 10.1. The summed E-state index contributed by atoms with van der Waals surface area (Å²) in [7, 11) is -3.44. The van der Waals surface area contributed by atoms with E-state index in [1.165, 1.54) is 4.31 Å². The Hall–Kier alpha value is -3.62. The molecule has 1 amide bonds. The maximum Gasteiger partial charge on any atom is 0.289 e. The molecule has 1 fully saturated rings. The van der Waals surface area contributed by atoms with E-state index in [0.717, 1.165) is 22.1 Å². The summed E-state index contributed by atoms with van der Waals surface area (Å²) in [6.07, 6.45) is 0. The Bertz CT molecular complexity index is 1420. The van der Waals surface area contributed by atoms with Crippen molar-refractivity contribution < 1.29 is 22.4 Å². The van der Waals surface area contributed by atoms with Gasteiger partial charge in [0.05, 0.1) is 5.75 Å². The molecule has 7 nitrogen and oxygen atoms in total. The fraction of sp³-hybridized carbons (Fsp3) is 0.222. The van der Waals surface area contributed by atoms with Crippen LogP contribution in [-0.4, -0.2) is 49.7 Å². The van der Waals surface area contributed by atoms with Gasteiger partial charge in [0.15, 0.2) is 5.76 Å². The van der Waals surface area contributed by atoms with Gasteiger partial charge in [0.25, 0.3) is 5.91 Å². The average Bonchev–Trinajstić information content (AvgIpc) is 3.36. The molecule has 0 spiro atoms. The Kier molecular flexibility index (Phi) is 6.57. The zero-order valence-electron chi connectivity index (χ0n) is 19.2. The van der Waals surface area contributed by atoms with Gasteiger partial charge in [0.2, 0.25) is 10.0 Å². The molecule has 0 aliphatic carbocycles. The van der Waals surface area contributed by atoms with E-state index in [1.54, 1.807) is 29.2 Å². The number of nitrogens with zero attached hydrogens (tertiary/aromatic N) is 2. The van der Waals surface area contributed by atoms with Crippen molar-refractivity contribution in [1.29, 1.82) is 0 Å². The first-order valence-electron chi connectivity index (χ1n) is 11.5. The smallest absolute Gasteiger partial charge is 0.289 e. The zero-order valence-corrected chi connectivity index (χ0v) is 20.0. The number of fused-ring (bicyclic) bond motifs is 1. The number of piperazine rings is 1. The van der Waals surface area contributed by atoms with Gasteiger partial charge in [-0.15, -0.1) is 0 Å². The molecule has 0 N–H and O–H groups in total. The summed E-state index contributed by atoms with van der Waals surface area (Å²) in [6.45, 7) is 1.36. The molecule has 1 saturated heterocycles. The topological polar surface area (TPSA) is 80.1 Å². The van der Waals surface area contributed by atoms with E-state index in [2.05, 4.69) is 0 Å². The fourth-order valence-electron chi connectivity index (χ4n) is 4.18. The molecule has 0 atom stereocenters. The monoisotopic (exact) mass is 490 g/mol. The molecular formula is C27H26N2O5S. The van der Waals surface area contributed by atoms with Crippen LogP contribution in [-0.2, 0) is 22.4 Å². The molecule has 0 bridgehead atoms. The van der Waals surface area contributed by atoms with Crippen LogP contribution >= 0.6 is 0 Å². The summed E-state index contributed by atoms with van der Waals surface area (Å²) in [5, 5.41) is 2.23. The molecule has 5 rings (SSSR count). The Morgan fingerprint density at radius 3 is 2.31 bits per heavy atom. The van der Waals surface area contributed by atoms with Gasteiger partial charge < -0.3 is 14.1 Å². The van der Waals surface area contributed by atoms with Gasteiger partial charge in [-0.3, -0.25) is 4.79 Å². The predicted octanol–water partition coefficient (Wildman–Crippen LogP) is 4.30. The highest BCUT2D eigenvalue weighted by Gasteiger charge is 2.30. The quantitative estimate of drug-likeness (QED) is 0.386. The fourth-order valence-corrected chi connectivity index (χ4v) is 5.70. The number of carbonyl (C=O) groups is 1. The minimum absolute atomic E-state index is 0.0411. The molecule has 1 aliphatic rings. The van der Waals surface area contributed by atoms with E-state index in [4.69, 9.17) is 9.15 Å². The van der Waals surface area contributed by atoms with Crippen LogP contribution in [0.2, 0.25) is 0 Å². The third kappa shape index (κ3) is 5.39. The summed E-state index contributed by atoms with van der Waals surface area (Å²) in [5.74, 6) is 1.21. The minimum Gasteiger partial charge on any atom is -0.486 e. The van der Waals surface area contributed by atoms with Crippen LogP contribution in [0.15, 0.2) is 89.3 Å². The maximum absolute atomic E-state index is 12.9. The molecule has 1 aliphatic heterocycles. The molecule has 180 valence electrons. The number of hydrogen-bond acceptors (Lipinski definition) is 5. The second-order valence-electron chi connectivity index (χ2n) is 8.50. The van der Waals surface area contributed by atoms with E-state index >= 15 is 0 Å². The average molecular weight is 491 g/mol. The van der Waals surface area contributed by atoms with Crippen LogP contribution in [0.1, 0.15) is 21.9 Å². The SMILES string of the molecule is O=C(c1ccc(COc2ccc3ccccc3c2)o1)N1CCN(S(=O)(=O)Cc2ccccc2)CC1. The lowest BCUT2D eigenvalue weighted by Gasteiger charge is -2.33. The number of amides is 1. The highest BCUT2D eigenvalue weighted by molar-refractivity contribution is 7.88.